The van der Waals surface area contributed by atoms with Crippen LogP contribution in [0.5, 0.6) is 0 Å². The predicted molar refractivity (Wildman–Crippen MR) is 89.5 cm³/mol. The number of halogens is 19. The third-order valence-electron chi connectivity index (χ3n) is 4.70. The van der Waals surface area contributed by atoms with Gasteiger partial charge in [-0.3, -0.25) is 5.32 Å². The summed E-state index contributed by atoms with van der Waals surface area (Å²) in [6.45, 7) is -1.83. The van der Waals surface area contributed by atoms with Crippen LogP contribution in [0.15, 0.2) is 0 Å². The second-order valence-electron chi connectivity index (χ2n) is 7.28. The number of alkyl halides is 18. The van der Waals surface area contributed by atoms with Crippen molar-refractivity contribution in [1.29, 1.82) is 0 Å². The quantitative estimate of drug-likeness (QED) is 0.132. The molecule has 226 valence electrons. The Morgan fingerprint density at radius 1 is 0.486 bits per heavy atom. The molecule has 0 saturated heterocycles. The Bertz CT molecular complexity index is 738. The fourth-order valence-electron chi connectivity index (χ4n) is 2.50. The van der Waals surface area contributed by atoms with Gasteiger partial charge in [-0.15, -0.1) is 12.4 Å². The first-order valence-corrected chi connectivity index (χ1v) is 9.14. The Kier molecular flexibility index (Phi) is 11.5. The highest BCUT2D eigenvalue weighted by Gasteiger charge is 2.95. The minimum atomic E-state index is -8.72. The zero-order valence-corrected chi connectivity index (χ0v) is 18.3. The lowest BCUT2D eigenvalue weighted by Gasteiger charge is -2.46. The molecule has 2 unspecified atom stereocenters. The molecular formula is C15H17ClF18N2O. The van der Waals surface area contributed by atoms with Crippen molar-refractivity contribution >= 4 is 12.4 Å². The highest BCUT2D eigenvalue weighted by Crippen LogP contribution is 2.63. The second-order valence-corrected chi connectivity index (χ2v) is 7.28. The van der Waals surface area contributed by atoms with Crippen molar-refractivity contribution in [3.05, 3.63) is 0 Å². The molecule has 0 bridgehead atoms. The molecule has 0 aliphatic rings. The minimum Gasteiger partial charge on any atom is -0.351 e. The molecule has 0 saturated carbocycles. The third-order valence-corrected chi connectivity index (χ3v) is 4.70. The van der Waals surface area contributed by atoms with Crippen molar-refractivity contribution in [1.82, 2.24) is 5.32 Å². The number of nitrogens with one attached hydrogen (secondary N) is 1. The van der Waals surface area contributed by atoms with Gasteiger partial charge in [0.2, 0.25) is 0 Å². The van der Waals surface area contributed by atoms with Crippen LogP contribution in [-0.4, -0.2) is 71.8 Å². The van der Waals surface area contributed by atoms with Gasteiger partial charge < -0.3 is 10.8 Å². The van der Waals surface area contributed by atoms with Crippen LogP contribution in [-0.2, 0) is 0 Å². The molecule has 4 N–H and O–H groups in total. The largest absolute Gasteiger partial charge is 0.460 e. The van der Waals surface area contributed by atoms with E-state index in [4.69, 9.17) is 10.8 Å². The molecule has 0 aromatic rings. The van der Waals surface area contributed by atoms with E-state index in [9.17, 15) is 79.0 Å². The summed E-state index contributed by atoms with van der Waals surface area (Å²) in [5.74, 6) is -57.1. The summed E-state index contributed by atoms with van der Waals surface area (Å²) >= 11 is 0. The van der Waals surface area contributed by atoms with Crippen molar-refractivity contribution in [2.45, 2.75) is 79.3 Å². The Morgan fingerprint density at radius 2 is 0.838 bits per heavy atom. The molecule has 0 heterocycles. The maximum absolute atomic E-state index is 14.7. The molecule has 0 aliphatic carbocycles. The van der Waals surface area contributed by atoms with E-state index in [0.717, 1.165) is 0 Å². The van der Waals surface area contributed by atoms with Gasteiger partial charge in [-0.25, -0.2) is 4.39 Å². The normalized spacial score (nSPS) is 18.2. The van der Waals surface area contributed by atoms with Crippen molar-refractivity contribution in [3.63, 3.8) is 0 Å². The van der Waals surface area contributed by atoms with Crippen LogP contribution in [0.3, 0.4) is 0 Å². The van der Waals surface area contributed by atoms with Crippen LogP contribution in [0, 0.1) is 0 Å². The van der Waals surface area contributed by atoms with E-state index in [-0.39, 0.29) is 43.5 Å². The van der Waals surface area contributed by atoms with E-state index in [1.807, 2.05) is 0 Å². The van der Waals surface area contributed by atoms with E-state index in [1.165, 1.54) is 0 Å². The highest BCUT2D eigenvalue weighted by molar-refractivity contribution is 5.85. The van der Waals surface area contributed by atoms with Crippen molar-refractivity contribution < 1.29 is 84.1 Å². The van der Waals surface area contributed by atoms with Gasteiger partial charge in [-0.05, 0) is 25.9 Å². The van der Waals surface area contributed by atoms with Gasteiger partial charge in [-0.2, -0.15) is 74.6 Å². The lowest BCUT2D eigenvalue weighted by molar-refractivity contribution is -0.469. The number of hydrogen-bond acceptors (Lipinski definition) is 3. The van der Waals surface area contributed by atoms with E-state index in [0.29, 0.717) is 0 Å². The standard InChI is InChI=1S/C15H16F18N2O.ClH/c16-7(17,9(20,21)11(24,25)14(28,29)30)8(18,19)10(22,23)12(26,13(27,36)15(31,32)33)35-6-4-2-1-3-5-34;/h35-36H,1-6,34H2;1H. The van der Waals surface area contributed by atoms with E-state index in [1.54, 1.807) is 0 Å². The molecule has 0 fully saturated rings. The van der Waals surface area contributed by atoms with Gasteiger partial charge >= 0.3 is 47.8 Å². The molecule has 0 spiro atoms. The number of unbranched alkanes of at least 4 members (excludes halogenated alkanes) is 3. The Labute approximate surface area is 201 Å². The SMILES string of the molecule is Cl.NCCCCCCNC(F)(C(O)(F)C(F)(F)F)C(F)(F)C(F)(F)C(F)(F)C(F)(F)C(F)(F)C(F)(F)F. The second kappa shape index (κ2) is 11.2. The molecule has 0 aliphatic heterocycles. The molecule has 3 nitrogen and oxygen atoms in total. The maximum atomic E-state index is 14.7. The van der Waals surface area contributed by atoms with E-state index >= 15 is 0 Å². The van der Waals surface area contributed by atoms with Gasteiger partial charge in [0, 0.05) is 0 Å². The first-order chi connectivity index (χ1) is 15.6. The monoisotopic (exact) mass is 618 g/mol. The summed E-state index contributed by atoms with van der Waals surface area (Å²) in [6, 6.07) is 0. The first-order valence-electron chi connectivity index (χ1n) is 9.14. The summed E-state index contributed by atoms with van der Waals surface area (Å²) in [5, 5.41) is 8.65. The van der Waals surface area contributed by atoms with Crippen LogP contribution >= 0.6 is 12.4 Å². The zero-order chi connectivity index (χ0) is 29.4. The number of aliphatic hydroxyl groups is 1. The average Bonchev–Trinajstić information content (AvgIpc) is 2.67. The fourth-order valence-corrected chi connectivity index (χ4v) is 2.50. The summed E-state index contributed by atoms with van der Waals surface area (Å²) in [7, 11) is 0. The van der Waals surface area contributed by atoms with Crippen LogP contribution in [0.2, 0.25) is 0 Å². The van der Waals surface area contributed by atoms with Gasteiger partial charge in [0.25, 0.3) is 5.79 Å². The molecule has 22 heteroatoms. The lowest BCUT2D eigenvalue weighted by Crippen LogP contribution is -2.80. The summed E-state index contributed by atoms with van der Waals surface area (Å²) in [4.78, 5) is 0. The Morgan fingerprint density at radius 3 is 1.19 bits per heavy atom. The third kappa shape index (κ3) is 5.92. The van der Waals surface area contributed by atoms with Crippen LogP contribution in [0.4, 0.5) is 79.0 Å². The molecule has 2 atom stereocenters. The highest BCUT2D eigenvalue weighted by atomic mass is 35.5. The lowest BCUT2D eigenvalue weighted by atomic mass is 9.85. The van der Waals surface area contributed by atoms with Crippen molar-refractivity contribution in [2.24, 2.45) is 5.73 Å². The molecule has 0 amide bonds. The number of nitrogens with two attached hydrogens (primary N) is 1. The van der Waals surface area contributed by atoms with Crippen LogP contribution in [0.1, 0.15) is 25.7 Å². The molecule has 0 aromatic carbocycles. The topological polar surface area (TPSA) is 58.3 Å². The van der Waals surface area contributed by atoms with E-state index in [2.05, 4.69) is 0 Å². The summed E-state index contributed by atoms with van der Waals surface area (Å²) in [6.07, 6.45) is -16.3. The molecule has 0 radical (unpaired) electrons. The van der Waals surface area contributed by atoms with Gasteiger partial charge in [-0.1, -0.05) is 12.8 Å². The predicted octanol–water partition coefficient (Wildman–Crippen LogP) is 6.14. The molecule has 37 heavy (non-hydrogen) atoms. The van der Waals surface area contributed by atoms with Crippen molar-refractivity contribution in [3.8, 4) is 0 Å². The minimum absolute atomic E-state index is 0. The maximum Gasteiger partial charge on any atom is 0.460 e. The molecule has 0 rings (SSSR count). The van der Waals surface area contributed by atoms with Gasteiger partial charge in [0.05, 0.1) is 0 Å². The first kappa shape index (κ1) is 38.1. The fraction of sp³-hybridized carbons (Fsp3) is 1.00. The zero-order valence-electron chi connectivity index (χ0n) is 17.5. The molecular weight excluding hydrogens is 602 g/mol. The van der Waals surface area contributed by atoms with E-state index < -0.39 is 66.6 Å². The van der Waals surface area contributed by atoms with Gasteiger partial charge in [0.15, 0.2) is 0 Å². The van der Waals surface area contributed by atoms with Crippen LogP contribution < -0.4 is 11.1 Å². The Hall–Kier alpha value is -1.09. The Balaban J connectivity index is 0. The van der Waals surface area contributed by atoms with Crippen LogP contribution in [0.25, 0.3) is 0 Å². The molecule has 0 aromatic heterocycles. The number of rotatable bonds is 13. The average molecular weight is 619 g/mol. The van der Waals surface area contributed by atoms with Crippen molar-refractivity contribution in [2.75, 3.05) is 13.1 Å². The smallest absolute Gasteiger partial charge is 0.351 e. The summed E-state index contributed by atoms with van der Waals surface area (Å²) < 4.78 is 238. The summed E-state index contributed by atoms with van der Waals surface area (Å²) in [5.41, 5.74) is 5.03. The van der Waals surface area contributed by atoms with Gasteiger partial charge in [0.1, 0.15) is 0 Å². The number of hydrogen-bond donors (Lipinski definition) is 3.